The Morgan fingerprint density at radius 3 is 2.63 bits per heavy atom. The number of carbonyl (C=O) groups is 1. The SMILES string of the molecule is COC1(CNC(=O)Nc2ccc(-c3ccccc3F)nn2)CCS(=O)(=O)C1. The lowest BCUT2D eigenvalue weighted by atomic mass is 10.0. The van der Waals surface area contributed by atoms with Crippen LogP contribution in [0.15, 0.2) is 36.4 Å². The number of aromatic nitrogens is 2. The van der Waals surface area contributed by atoms with Crippen LogP contribution in [0.4, 0.5) is 15.0 Å². The van der Waals surface area contributed by atoms with Gasteiger partial charge in [-0.3, -0.25) is 5.32 Å². The van der Waals surface area contributed by atoms with Gasteiger partial charge in [-0.15, -0.1) is 10.2 Å². The monoisotopic (exact) mass is 394 g/mol. The van der Waals surface area contributed by atoms with E-state index in [0.29, 0.717) is 17.7 Å². The number of urea groups is 1. The van der Waals surface area contributed by atoms with E-state index in [1.54, 1.807) is 24.3 Å². The van der Waals surface area contributed by atoms with Gasteiger partial charge in [-0.25, -0.2) is 17.6 Å². The topological polar surface area (TPSA) is 110 Å². The zero-order valence-electron chi connectivity index (χ0n) is 14.6. The van der Waals surface area contributed by atoms with Gasteiger partial charge in [0.25, 0.3) is 0 Å². The predicted molar refractivity (Wildman–Crippen MR) is 97.5 cm³/mol. The smallest absolute Gasteiger partial charge is 0.320 e. The summed E-state index contributed by atoms with van der Waals surface area (Å²) in [4.78, 5) is 12.0. The third-order valence-electron chi connectivity index (χ3n) is 4.41. The van der Waals surface area contributed by atoms with Crippen LogP contribution in [0.5, 0.6) is 0 Å². The number of methoxy groups -OCH3 is 1. The zero-order chi connectivity index (χ0) is 19.5. The highest BCUT2D eigenvalue weighted by atomic mass is 32.2. The minimum Gasteiger partial charge on any atom is -0.375 e. The van der Waals surface area contributed by atoms with Gasteiger partial charge in [0.05, 0.1) is 22.8 Å². The molecule has 27 heavy (non-hydrogen) atoms. The minimum atomic E-state index is -3.16. The fourth-order valence-electron chi connectivity index (χ4n) is 2.87. The van der Waals surface area contributed by atoms with Crippen molar-refractivity contribution in [1.29, 1.82) is 0 Å². The maximum Gasteiger partial charge on any atom is 0.320 e. The van der Waals surface area contributed by atoms with E-state index in [-0.39, 0.29) is 23.9 Å². The molecular weight excluding hydrogens is 375 g/mol. The molecule has 0 spiro atoms. The van der Waals surface area contributed by atoms with Gasteiger partial charge in [0.2, 0.25) is 0 Å². The second kappa shape index (κ2) is 7.57. The molecule has 1 aliphatic rings. The lowest BCUT2D eigenvalue weighted by molar-refractivity contribution is 0.0157. The van der Waals surface area contributed by atoms with Crippen LogP contribution in [0.1, 0.15) is 6.42 Å². The van der Waals surface area contributed by atoms with Gasteiger partial charge in [-0.1, -0.05) is 12.1 Å². The highest BCUT2D eigenvalue weighted by Gasteiger charge is 2.42. The molecule has 1 unspecified atom stereocenters. The fourth-order valence-corrected chi connectivity index (χ4v) is 4.87. The van der Waals surface area contributed by atoms with Crippen LogP contribution in [0.25, 0.3) is 11.3 Å². The molecule has 0 aliphatic carbocycles. The third kappa shape index (κ3) is 4.58. The molecule has 0 bridgehead atoms. The lowest BCUT2D eigenvalue weighted by Crippen LogP contribution is -2.46. The summed E-state index contributed by atoms with van der Waals surface area (Å²) in [5.41, 5.74) is -0.268. The summed E-state index contributed by atoms with van der Waals surface area (Å²) in [5.74, 6) is -0.333. The number of benzene rings is 1. The average Bonchev–Trinajstić information content (AvgIpc) is 2.97. The maximum atomic E-state index is 13.8. The van der Waals surface area contributed by atoms with Crippen molar-refractivity contribution < 1.29 is 22.3 Å². The molecule has 2 N–H and O–H groups in total. The van der Waals surface area contributed by atoms with Crippen LogP contribution < -0.4 is 10.6 Å². The van der Waals surface area contributed by atoms with E-state index >= 15 is 0 Å². The van der Waals surface area contributed by atoms with Crippen LogP contribution in [0.3, 0.4) is 0 Å². The van der Waals surface area contributed by atoms with Gasteiger partial charge >= 0.3 is 6.03 Å². The van der Waals surface area contributed by atoms with E-state index < -0.39 is 27.3 Å². The molecule has 1 saturated heterocycles. The molecule has 1 aliphatic heterocycles. The van der Waals surface area contributed by atoms with Crippen molar-refractivity contribution in [3.05, 3.63) is 42.2 Å². The number of halogens is 1. The summed E-state index contributed by atoms with van der Waals surface area (Å²) in [5, 5.41) is 12.9. The summed E-state index contributed by atoms with van der Waals surface area (Å²) < 4.78 is 42.4. The van der Waals surface area contributed by atoms with E-state index in [9.17, 15) is 17.6 Å². The van der Waals surface area contributed by atoms with Gasteiger partial charge in [0.15, 0.2) is 15.7 Å². The Morgan fingerprint density at radius 1 is 1.26 bits per heavy atom. The van der Waals surface area contributed by atoms with Gasteiger partial charge in [0, 0.05) is 19.2 Å². The number of nitrogens with zero attached hydrogens (tertiary/aromatic N) is 2. The zero-order valence-corrected chi connectivity index (χ0v) is 15.4. The van der Waals surface area contributed by atoms with Crippen LogP contribution in [0, 0.1) is 5.82 Å². The summed E-state index contributed by atoms with van der Waals surface area (Å²) in [6.45, 7) is 0.0509. The number of amides is 2. The molecule has 1 aromatic carbocycles. The van der Waals surface area contributed by atoms with Crippen LogP contribution in [-0.2, 0) is 14.6 Å². The van der Waals surface area contributed by atoms with Crippen molar-refractivity contribution in [1.82, 2.24) is 15.5 Å². The van der Waals surface area contributed by atoms with Crippen molar-refractivity contribution in [3.63, 3.8) is 0 Å². The number of hydrogen-bond donors (Lipinski definition) is 2. The fraction of sp³-hybridized carbons (Fsp3) is 0.353. The Morgan fingerprint density at radius 2 is 2.04 bits per heavy atom. The summed E-state index contributed by atoms with van der Waals surface area (Å²) in [7, 11) is -1.73. The maximum absolute atomic E-state index is 13.8. The van der Waals surface area contributed by atoms with E-state index in [2.05, 4.69) is 20.8 Å². The van der Waals surface area contributed by atoms with Crippen molar-refractivity contribution in [2.24, 2.45) is 0 Å². The van der Waals surface area contributed by atoms with Gasteiger partial charge in [-0.2, -0.15) is 0 Å². The molecule has 2 aromatic rings. The number of nitrogens with one attached hydrogen (secondary N) is 2. The average molecular weight is 394 g/mol. The first-order chi connectivity index (χ1) is 12.8. The van der Waals surface area contributed by atoms with E-state index in [1.807, 2.05) is 0 Å². The molecule has 8 nitrogen and oxygen atoms in total. The summed E-state index contributed by atoms with van der Waals surface area (Å²) >= 11 is 0. The normalized spacial score (nSPS) is 21.0. The lowest BCUT2D eigenvalue weighted by Gasteiger charge is -2.26. The van der Waals surface area contributed by atoms with E-state index in [4.69, 9.17) is 4.74 Å². The molecule has 1 atom stereocenters. The van der Waals surface area contributed by atoms with Crippen LogP contribution >= 0.6 is 0 Å². The molecular formula is C17H19FN4O4S. The van der Waals surface area contributed by atoms with E-state index in [1.165, 1.54) is 19.2 Å². The molecule has 1 aromatic heterocycles. The van der Waals surface area contributed by atoms with Crippen LogP contribution in [0.2, 0.25) is 0 Å². The molecule has 2 amide bonds. The Hall–Kier alpha value is -2.59. The Kier molecular flexibility index (Phi) is 5.38. The second-order valence-corrected chi connectivity index (χ2v) is 8.50. The Bertz CT molecular complexity index is 936. The highest BCUT2D eigenvalue weighted by molar-refractivity contribution is 7.91. The molecule has 3 rings (SSSR count). The first kappa shape index (κ1) is 19.2. The van der Waals surface area contributed by atoms with Crippen molar-refractivity contribution in [3.8, 4) is 11.3 Å². The Labute approximate surface area is 156 Å². The van der Waals surface area contributed by atoms with Crippen molar-refractivity contribution in [2.75, 3.05) is 30.5 Å². The predicted octanol–water partition coefficient (Wildman–Crippen LogP) is 1.61. The number of anilines is 1. The number of rotatable bonds is 5. The minimum absolute atomic E-state index is 0.0348. The second-order valence-electron chi connectivity index (χ2n) is 6.32. The Balaban J connectivity index is 1.59. The summed E-state index contributed by atoms with van der Waals surface area (Å²) in [6.07, 6.45) is 0.323. The van der Waals surface area contributed by atoms with E-state index in [0.717, 1.165) is 0 Å². The number of sulfone groups is 1. The van der Waals surface area contributed by atoms with Gasteiger partial charge in [-0.05, 0) is 30.7 Å². The number of carbonyl (C=O) groups excluding carboxylic acids is 1. The third-order valence-corrected chi connectivity index (χ3v) is 6.20. The highest BCUT2D eigenvalue weighted by Crippen LogP contribution is 2.26. The largest absolute Gasteiger partial charge is 0.375 e. The first-order valence-corrected chi connectivity index (χ1v) is 10.0. The molecule has 0 saturated carbocycles. The van der Waals surface area contributed by atoms with Crippen LogP contribution in [-0.4, -0.2) is 55.4 Å². The number of ether oxygens (including phenoxy) is 1. The first-order valence-electron chi connectivity index (χ1n) is 8.22. The molecule has 2 heterocycles. The molecule has 1 fully saturated rings. The molecule has 144 valence electrons. The summed E-state index contributed by atoms with van der Waals surface area (Å²) in [6, 6.07) is 8.65. The number of hydrogen-bond acceptors (Lipinski definition) is 6. The van der Waals surface area contributed by atoms with Gasteiger partial charge in [0.1, 0.15) is 5.82 Å². The standard InChI is InChI=1S/C17H19FN4O4S/c1-26-17(8-9-27(24,25)11-17)10-19-16(23)20-15-7-6-14(21-22-15)12-4-2-3-5-13(12)18/h2-7H,8-11H2,1H3,(H2,19,20,22,23). The van der Waals surface area contributed by atoms with Gasteiger partial charge < -0.3 is 10.1 Å². The molecule has 10 heteroatoms. The molecule has 0 radical (unpaired) electrons. The quantitative estimate of drug-likeness (QED) is 0.797. The van der Waals surface area contributed by atoms with Crippen molar-refractivity contribution >= 4 is 21.7 Å². The van der Waals surface area contributed by atoms with Crippen molar-refractivity contribution in [2.45, 2.75) is 12.0 Å².